The first-order chi connectivity index (χ1) is 8.16. The average molecular weight is 253 g/mol. The van der Waals surface area contributed by atoms with E-state index in [1.807, 2.05) is 7.05 Å². The molecule has 17 heavy (non-hydrogen) atoms. The Labute approximate surface area is 107 Å². The van der Waals surface area contributed by atoms with Gasteiger partial charge in [0, 0.05) is 30.2 Å². The SMILES string of the molecule is CN(CC1CCCN1)C(=O)c1ccc(Cl)cc1. The second kappa shape index (κ2) is 5.52. The maximum atomic E-state index is 12.1. The lowest BCUT2D eigenvalue weighted by atomic mass is 10.1. The lowest BCUT2D eigenvalue weighted by Gasteiger charge is -2.21. The molecular weight excluding hydrogens is 236 g/mol. The maximum Gasteiger partial charge on any atom is 0.253 e. The number of likely N-dealkylation sites (N-methyl/N-ethyl adjacent to an activating group) is 1. The van der Waals surface area contributed by atoms with Crippen molar-refractivity contribution in [1.82, 2.24) is 10.2 Å². The van der Waals surface area contributed by atoms with Crippen molar-refractivity contribution in [2.24, 2.45) is 0 Å². The number of halogens is 1. The van der Waals surface area contributed by atoms with Gasteiger partial charge >= 0.3 is 0 Å². The molecule has 1 unspecified atom stereocenters. The van der Waals surface area contributed by atoms with Gasteiger partial charge in [-0.1, -0.05) is 11.6 Å². The second-order valence-corrected chi connectivity index (χ2v) is 4.92. The molecule has 0 saturated carbocycles. The number of rotatable bonds is 3. The van der Waals surface area contributed by atoms with E-state index in [9.17, 15) is 4.79 Å². The van der Waals surface area contributed by atoms with Crippen LogP contribution in [0.3, 0.4) is 0 Å². The summed E-state index contributed by atoms with van der Waals surface area (Å²) in [6, 6.07) is 7.47. The molecule has 0 bridgehead atoms. The Balaban J connectivity index is 1.96. The van der Waals surface area contributed by atoms with Crippen LogP contribution in [0.2, 0.25) is 5.02 Å². The van der Waals surface area contributed by atoms with Crippen LogP contribution in [-0.2, 0) is 0 Å². The number of carbonyl (C=O) groups excluding carboxylic acids is 1. The van der Waals surface area contributed by atoms with Crippen molar-refractivity contribution in [2.45, 2.75) is 18.9 Å². The third-order valence-electron chi connectivity index (χ3n) is 3.09. The van der Waals surface area contributed by atoms with Crippen molar-refractivity contribution in [3.63, 3.8) is 0 Å². The van der Waals surface area contributed by atoms with Crippen LogP contribution in [0, 0.1) is 0 Å². The highest BCUT2D eigenvalue weighted by atomic mass is 35.5. The minimum atomic E-state index is 0.0513. The summed E-state index contributed by atoms with van der Waals surface area (Å²) in [6.45, 7) is 1.83. The Morgan fingerprint density at radius 3 is 2.76 bits per heavy atom. The van der Waals surface area contributed by atoms with Crippen molar-refractivity contribution < 1.29 is 4.79 Å². The predicted molar refractivity (Wildman–Crippen MR) is 69.4 cm³/mol. The van der Waals surface area contributed by atoms with Crippen molar-refractivity contribution in [2.75, 3.05) is 20.1 Å². The molecule has 1 heterocycles. The maximum absolute atomic E-state index is 12.1. The van der Waals surface area contributed by atoms with E-state index in [4.69, 9.17) is 11.6 Å². The van der Waals surface area contributed by atoms with Crippen molar-refractivity contribution >= 4 is 17.5 Å². The molecule has 3 nitrogen and oxygen atoms in total. The number of amides is 1. The van der Waals surface area contributed by atoms with Crippen molar-refractivity contribution in [3.05, 3.63) is 34.9 Å². The summed E-state index contributed by atoms with van der Waals surface area (Å²) in [5, 5.41) is 4.04. The largest absolute Gasteiger partial charge is 0.340 e. The second-order valence-electron chi connectivity index (χ2n) is 4.49. The molecule has 4 heteroatoms. The molecule has 1 atom stereocenters. The molecule has 1 fully saturated rings. The van der Waals surface area contributed by atoms with Gasteiger partial charge in [0.25, 0.3) is 5.91 Å². The zero-order valence-corrected chi connectivity index (χ0v) is 10.7. The van der Waals surface area contributed by atoms with Gasteiger partial charge in [-0.05, 0) is 43.7 Å². The minimum Gasteiger partial charge on any atom is -0.340 e. The first-order valence-electron chi connectivity index (χ1n) is 5.91. The summed E-state index contributed by atoms with van der Waals surface area (Å²) in [4.78, 5) is 13.9. The van der Waals surface area contributed by atoms with E-state index in [0.717, 1.165) is 19.5 Å². The highest BCUT2D eigenvalue weighted by Gasteiger charge is 2.19. The molecule has 0 spiro atoms. The average Bonchev–Trinajstić information content (AvgIpc) is 2.82. The number of nitrogens with zero attached hydrogens (tertiary/aromatic N) is 1. The fourth-order valence-electron chi connectivity index (χ4n) is 2.14. The summed E-state index contributed by atoms with van der Waals surface area (Å²) in [6.07, 6.45) is 2.35. The smallest absolute Gasteiger partial charge is 0.253 e. The molecule has 0 radical (unpaired) electrons. The molecule has 92 valence electrons. The van der Waals surface area contributed by atoms with Crippen LogP contribution in [-0.4, -0.2) is 37.0 Å². The zero-order valence-electron chi connectivity index (χ0n) is 9.95. The van der Waals surface area contributed by atoms with Gasteiger partial charge < -0.3 is 10.2 Å². The summed E-state index contributed by atoms with van der Waals surface area (Å²) in [7, 11) is 1.84. The van der Waals surface area contributed by atoms with Gasteiger partial charge in [0.15, 0.2) is 0 Å². The van der Waals surface area contributed by atoms with Crippen molar-refractivity contribution in [1.29, 1.82) is 0 Å². The van der Waals surface area contributed by atoms with E-state index < -0.39 is 0 Å². The first-order valence-corrected chi connectivity index (χ1v) is 6.29. The van der Waals surface area contributed by atoms with Crippen LogP contribution < -0.4 is 5.32 Å². The van der Waals surface area contributed by atoms with Gasteiger partial charge in [0.05, 0.1) is 0 Å². The van der Waals surface area contributed by atoms with Crippen LogP contribution in [0.25, 0.3) is 0 Å². The number of benzene rings is 1. The molecule has 1 aromatic rings. The minimum absolute atomic E-state index is 0.0513. The van der Waals surface area contributed by atoms with Gasteiger partial charge in [-0.25, -0.2) is 0 Å². The number of hydrogen-bond donors (Lipinski definition) is 1. The molecule has 1 N–H and O–H groups in total. The summed E-state index contributed by atoms with van der Waals surface area (Å²) in [5.74, 6) is 0.0513. The van der Waals surface area contributed by atoms with E-state index in [2.05, 4.69) is 5.32 Å². The summed E-state index contributed by atoms with van der Waals surface area (Å²) < 4.78 is 0. The number of carbonyl (C=O) groups is 1. The highest BCUT2D eigenvalue weighted by Crippen LogP contribution is 2.12. The van der Waals surface area contributed by atoms with Crippen LogP contribution in [0.15, 0.2) is 24.3 Å². The monoisotopic (exact) mass is 252 g/mol. The van der Waals surface area contributed by atoms with Crippen LogP contribution in [0.5, 0.6) is 0 Å². The normalized spacial score (nSPS) is 19.3. The molecule has 1 aromatic carbocycles. The number of hydrogen-bond acceptors (Lipinski definition) is 2. The lowest BCUT2D eigenvalue weighted by molar-refractivity contribution is 0.0784. The predicted octanol–water partition coefficient (Wildman–Crippen LogP) is 2.16. The van der Waals surface area contributed by atoms with Gasteiger partial charge in [0.2, 0.25) is 0 Å². The quantitative estimate of drug-likeness (QED) is 0.894. The van der Waals surface area contributed by atoms with E-state index in [0.29, 0.717) is 16.6 Å². The standard InChI is InChI=1S/C13H17ClN2O/c1-16(9-12-3-2-8-15-12)13(17)10-4-6-11(14)7-5-10/h4-7,12,15H,2-3,8-9H2,1H3. The number of nitrogens with one attached hydrogen (secondary N) is 1. The summed E-state index contributed by atoms with van der Waals surface area (Å²) >= 11 is 5.80. The zero-order chi connectivity index (χ0) is 12.3. The Morgan fingerprint density at radius 2 is 2.18 bits per heavy atom. The highest BCUT2D eigenvalue weighted by molar-refractivity contribution is 6.30. The molecular formula is C13H17ClN2O. The van der Waals surface area contributed by atoms with Crippen LogP contribution >= 0.6 is 11.6 Å². The Kier molecular flexibility index (Phi) is 4.02. The molecule has 0 aromatic heterocycles. The van der Waals surface area contributed by atoms with E-state index >= 15 is 0 Å². The fraction of sp³-hybridized carbons (Fsp3) is 0.462. The molecule has 1 saturated heterocycles. The van der Waals surface area contributed by atoms with Gasteiger partial charge in [-0.2, -0.15) is 0 Å². The lowest BCUT2D eigenvalue weighted by Crippen LogP contribution is -2.38. The molecule has 1 amide bonds. The topological polar surface area (TPSA) is 32.3 Å². The van der Waals surface area contributed by atoms with E-state index in [-0.39, 0.29) is 5.91 Å². The Hall–Kier alpha value is -1.06. The molecule has 1 aliphatic rings. The van der Waals surface area contributed by atoms with Crippen molar-refractivity contribution in [3.8, 4) is 0 Å². The fourth-order valence-corrected chi connectivity index (χ4v) is 2.26. The third kappa shape index (κ3) is 3.20. The van der Waals surface area contributed by atoms with E-state index in [1.54, 1.807) is 29.2 Å². The molecule has 2 rings (SSSR count). The first kappa shape index (κ1) is 12.4. The molecule has 1 aliphatic heterocycles. The Bertz CT molecular complexity index is 385. The van der Waals surface area contributed by atoms with Gasteiger partial charge in [-0.15, -0.1) is 0 Å². The molecule has 0 aliphatic carbocycles. The Morgan fingerprint density at radius 1 is 1.47 bits per heavy atom. The van der Waals surface area contributed by atoms with Crippen LogP contribution in [0.4, 0.5) is 0 Å². The third-order valence-corrected chi connectivity index (χ3v) is 3.35. The van der Waals surface area contributed by atoms with E-state index in [1.165, 1.54) is 6.42 Å². The summed E-state index contributed by atoms with van der Waals surface area (Å²) in [5.41, 5.74) is 0.690. The van der Waals surface area contributed by atoms with Gasteiger partial charge in [0.1, 0.15) is 0 Å². The van der Waals surface area contributed by atoms with Gasteiger partial charge in [-0.3, -0.25) is 4.79 Å². The van der Waals surface area contributed by atoms with Crippen LogP contribution in [0.1, 0.15) is 23.2 Å².